The molecular formula is C13H22. The summed E-state index contributed by atoms with van der Waals surface area (Å²) in [7, 11) is 0. The van der Waals surface area contributed by atoms with Gasteiger partial charge in [0.25, 0.3) is 0 Å². The largest absolute Gasteiger partial charge is 0.0998 e. The van der Waals surface area contributed by atoms with Gasteiger partial charge in [0.05, 0.1) is 0 Å². The maximum Gasteiger partial charge on any atom is -0.0138 e. The molecule has 0 aliphatic heterocycles. The van der Waals surface area contributed by atoms with E-state index >= 15 is 0 Å². The number of hydrogen-bond acceptors (Lipinski definition) is 0. The summed E-state index contributed by atoms with van der Waals surface area (Å²) in [5.74, 6) is 1.35. The minimum absolute atomic E-state index is 0.479. The average Bonchev–Trinajstić information content (AvgIpc) is 2.26. The molecule has 0 heterocycles. The summed E-state index contributed by atoms with van der Waals surface area (Å²) in [6.45, 7) is 17.2. The summed E-state index contributed by atoms with van der Waals surface area (Å²) in [5, 5.41) is 0. The lowest BCUT2D eigenvalue weighted by molar-refractivity contribution is 0.366. The molecule has 0 aromatic rings. The van der Waals surface area contributed by atoms with E-state index in [9.17, 15) is 0 Å². The molecule has 0 N–H and O–H groups in total. The first kappa shape index (κ1) is 10.6. The van der Waals surface area contributed by atoms with Crippen molar-refractivity contribution in [1.29, 1.82) is 0 Å². The van der Waals surface area contributed by atoms with Crippen molar-refractivity contribution in [2.75, 3.05) is 0 Å². The van der Waals surface area contributed by atoms with Crippen LogP contribution in [-0.2, 0) is 0 Å². The zero-order chi connectivity index (χ0) is 10.2. The van der Waals surface area contributed by atoms with Gasteiger partial charge in [0.15, 0.2) is 0 Å². The Morgan fingerprint density at radius 1 is 1.00 bits per heavy atom. The first-order chi connectivity index (χ1) is 5.83. The van der Waals surface area contributed by atoms with Gasteiger partial charge in [-0.15, -0.1) is 0 Å². The highest BCUT2D eigenvalue weighted by atomic mass is 14.4. The molecule has 0 bridgehead atoms. The van der Waals surface area contributed by atoms with Gasteiger partial charge in [-0.1, -0.05) is 38.2 Å². The fourth-order valence-corrected chi connectivity index (χ4v) is 2.59. The number of hydrogen-bond donors (Lipinski definition) is 0. The summed E-state index contributed by atoms with van der Waals surface area (Å²) in [6, 6.07) is 0. The van der Waals surface area contributed by atoms with Crippen molar-refractivity contribution >= 4 is 0 Å². The average molecular weight is 178 g/mol. The Morgan fingerprint density at radius 3 is 1.54 bits per heavy atom. The SMILES string of the molecule is C=C(C)C1CC(C)(C)CC1C(=C)C. The number of rotatable bonds is 2. The van der Waals surface area contributed by atoms with Crippen LogP contribution in [0, 0.1) is 17.3 Å². The van der Waals surface area contributed by atoms with E-state index in [1.165, 1.54) is 24.0 Å². The summed E-state index contributed by atoms with van der Waals surface area (Å²) < 4.78 is 0. The Kier molecular flexibility index (Phi) is 2.70. The van der Waals surface area contributed by atoms with Crippen LogP contribution in [0.2, 0.25) is 0 Å². The predicted octanol–water partition coefficient (Wildman–Crippen LogP) is 4.19. The molecule has 0 heteroatoms. The lowest BCUT2D eigenvalue weighted by atomic mass is 9.86. The van der Waals surface area contributed by atoms with E-state index in [0.29, 0.717) is 17.3 Å². The van der Waals surface area contributed by atoms with Crippen molar-refractivity contribution in [3.05, 3.63) is 24.3 Å². The van der Waals surface area contributed by atoms with Crippen molar-refractivity contribution in [3.63, 3.8) is 0 Å². The molecule has 0 aromatic carbocycles. The van der Waals surface area contributed by atoms with Crippen LogP contribution in [0.25, 0.3) is 0 Å². The predicted molar refractivity (Wildman–Crippen MR) is 59.6 cm³/mol. The fourth-order valence-electron chi connectivity index (χ4n) is 2.59. The molecule has 1 aliphatic carbocycles. The minimum Gasteiger partial charge on any atom is -0.0998 e. The van der Waals surface area contributed by atoms with Crippen molar-refractivity contribution in [2.24, 2.45) is 17.3 Å². The lowest BCUT2D eigenvalue weighted by Gasteiger charge is -2.19. The molecule has 0 nitrogen and oxygen atoms in total. The summed E-state index contributed by atoms with van der Waals surface area (Å²) in [4.78, 5) is 0. The molecule has 13 heavy (non-hydrogen) atoms. The third-order valence-corrected chi connectivity index (χ3v) is 3.30. The molecule has 0 saturated heterocycles. The molecule has 0 amide bonds. The molecule has 1 saturated carbocycles. The molecule has 1 rings (SSSR count). The third kappa shape index (κ3) is 2.24. The zero-order valence-electron chi connectivity index (χ0n) is 9.48. The summed E-state index contributed by atoms with van der Waals surface area (Å²) in [5.41, 5.74) is 3.14. The molecule has 0 radical (unpaired) electrons. The van der Waals surface area contributed by atoms with Gasteiger partial charge in [-0.25, -0.2) is 0 Å². The van der Waals surface area contributed by atoms with Gasteiger partial charge in [-0.2, -0.15) is 0 Å². The molecule has 2 atom stereocenters. The van der Waals surface area contributed by atoms with Crippen molar-refractivity contribution in [1.82, 2.24) is 0 Å². The highest BCUT2D eigenvalue weighted by Crippen LogP contribution is 2.49. The van der Waals surface area contributed by atoms with E-state index in [0.717, 1.165) is 0 Å². The second kappa shape index (κ2) is 3.32. The quantitative estimate of drug-likeness (QED) is 0.556. The van der Waals surface area contributed by atoms with Gasteiger partial charge in [0.1, 0.15) is 0 Å². The molecule has 0 aromatic heterocycles. The van der Waals surface area contributed by atoms with Crippen LogP contribution >= 0.6 is 0 Å². The van der Waals surface area contributed by atoms with E-state index in [4.69, 9.17) is 0 Å². The van der Waals surface area contributed by atoms with E-state index in [1.807, 2.05) is 0 Å². The Bertz CT molecular complexity index is 208. The van der Waals surface area contributed by atoms with E-state index in [-0.39, 0.29) is 0 Å². The monoisotopic (exact) mass is 178 g/mol. The topological polar surface area (TPSA) is 0 Å². The highest BCUT2D eigenvalue weighted by molar-refractivity contribution is 5.14. The van der Waals surface area contributed by atoms with Gasteiger partial charge in [-0.05, 0) is 43.9 Å². The molecule has 74 valence electrons. The molecule has 0 spiro atoms. The van der Waals surface area contributed by atoms with Gasteiger partial charge < -0.3 is 0 Å². The minimum atomic E-state index is 0.479. The molecular weight excluding hydrogens is 156 g/mol. The van der Waals surface area contributed by atoms with Gasteiger partial charge in [-0.3, -0.25) is 0 Å². The van der Waals surface area contributed by atoms with Crippen molar-refractivity contribution in [2.45, 2.75) is 40.5 Å². The van der Waals surface area contributed by atoms with Gasteiger partial charge >= 0.3 is 0 Å². The van der Waals surface area contributed by atoms with Crippen molar-refractivity contribution < 1.29 is 0 Å². The maximum absolute atomic E-state index is 4.09. The summed E-state index contributed by atoms with van der Waals surface area (Å²) >= 11 is 0. The lowest BCUT2D eigenvalue weighted by Crippen LogP contribution is -2.08. The smallest absolute Gasteiger partial charge is 0.0138 e. The second-order valence-corrected chi connectivity index (χ2v) is 5.48. The van der Waals surface area contributed by atoms with Crippen LogP contribution in [0.4, 0.5) is 0 Å². The first-order valence-corrected chi connectivity index (χ1v) is 5.14. The highest BCUT2D eigenvalue weighted by Gasteiger charge is 2.39. The second-order valence-electron chi connectivity index (χ2n) is 5.48. The van der Waals surface area contributed by atoms with Crippen LogP contribution < -0.4 is 0 Å². The van der Waals surface area contributed by atoms with Crippen LogP contribution in [0.5, 0.6) is 0 Å². The summed E-state index contributed by atoms with van der Waals surface area (Å²) in [6.07, 6.45) is 2.56. The van der Waals surface area contributed by atoms with E-state index in [2.05, 4.69) is 40.9 Å². The van der Waals surface area contributed by atoms with Gasteiger partial charge in [0.2, 0.25) is 0 Å². The molecule has 1 aliphatic rings. The molecule has 2 unspecified atom stereocenters. The normalized spacial score (nSPS) is 31.7. The van der Waals surface area contributed by atoms with Crippen LogP contribution in [0.3, 0.4) is 0 Å². The maximum atomic E-state index is 4.09. The standard InChI is InChI=1S/C13H22/c1-9(2)11-7-13(5,6)8-12(11)10(3)4/h11-12H,1,3,7-8H2,2,4-6H3. The third-order valence-electron chi connectivity index (χ3n) is 3.30. The van der Waals surface area contributed by atoms with Crippen LogP contribution in [0.15, 0.2) is 24.3 Å². The Hall–Kier alpha value is -0.520. The van der Waals surface area contributed by atoms with Crippen molar-refractivity contribution in [3.8, 4) is 0 Å². The Labute approximate surface area is 82.7 Å². The first-order valence-electron chi connectivity index (χ1n) is 5.14. The number of allylic oxidation sites excluding steroid dienone is 2. The van der Waals surface area contributed by atoms with Gasteiger partial charge in [0, 0.05) is 0 Å². The Balaban J connectivity index is 2.83. The molecule has 1 fully saturated rings. The fraction of sp³-hybridized carbons (Fsp3) is 0.692. The Morgan fingerprint density at radius 2 is 1.31 bits per heavy atom. The van der Waals surface area contributed by atoms with E-state index < -0.39 is 0 Å². The van der Waals surface area contributed by atoms with Crippen LogP contribution in [-0.4, -0.2) is 0 Å². The van der Waals surface area contributed by atoms with Crippen LogP contribution in [0.1, 0.15) is 40.5 Å². The van der Waals surface area contributed by atoms with E-state index in [1.54, 1.807) is 0 Å². The zero-order valence-corrected chi connectivity index (χ0v) is 9.48.